The number of halogens is 2. The van der Waals surface area contributed by atoms with E-state index in [1.165, 1.54) is 4.58 Å². The molecule has 4 rings (SSSR count). The number of nitrogens with zero attached hydrogens (tertiary/aromatic N) is 1. The summed E-state index contributed by atoms with van der Waals surface area (Å²) in [5, 5.41) is 37.2. The fraction of sp³-hybridized carbons (Fsp3) is 0.438. The maximum absolute atomic E-state index is 13.4. The average Bonchev–Trinajstić information content (AvgIpc) is 3.09. The number of guanidine groups is 2. The molecule has 0 aromatic heterocycles. The Bertz CT molecular complexity index is 933. The largest absolute Gasteiger partial charge is 0.449 e. The van der Waals surface area contributed by atoms with Gasteiger partial charge in [-0.25, -0.2) is 23.5 Å². The fourth-order valence-corrected chi connectivity index (χ4v) is 4.20. The van der Waals surface area contributed by atoms with Crippen LogP contribution in [0.25, 0.3) is 0 Å². The van der Waals surface area contributed by atoms with E-state index >= 15 is 0 Å². The lowest BCUT2D eigenvalue weighted by molar-refractivity contribution is -0.674. The van der Waals surface area contributed by atoms with Gasteiger partial charge in [-0.3, -0.25) is 21.8 Å². The van der Waals surface area contributed by atoms with Crippen LogP contribution in [0.2, 0.25) is 0 Å². The lowest BCUT2D eigenvalue weighted by atomic mass is 9.86. The van der Waals surface area contributed by atoms with Crippen molar-refractivity contribution in [2.75, 3.05) is 13.2 Å². The molecule has 1 spiro atoms. The number of nitrogens with two attached hydrogens (primary N) is 2. The van der Waals surface area contributed by atoms with Gasteiger partial charge in [0.15, 0.2) is 12.1 Å². The molecule has 0 saturated carbocycles. The number of nitrogens with one attached hydrogen (secondary N) is 3. The van der Waals surface area contributed by atoms with Crippen molar-refractivity contribution in [1.82, 2.24) is 10.6 Å². The minimum atomic E-state index is -2.76. The van der Waals surface area contributed by atoms with Crippen molar-refractivity contribution in [3.63, 3.8) is 0 Å². The van der Waals surface area contributed by atoms with Crippen LogP contribution in [-0.4, -0.2) is 80.6 Å². The number of aliphatic hydroxyl groups is 3. The van der Waals surface area contributed by atoms with Gasteiger partial charge in [-0.1, -0.05) is 0 Å². The summed E-state index contributed by atoms with van der Waals surface area (Å²) in [6.07, 6.45) is -1.58. The molecule has 0 aliphatic carbocycles. The molecule has 10 N–H and O–H groups in total. The zero-order valence-electron chi connectivity index (χ0n) is 14.9. The van der Waals surface area contributed by atoms with E-state index < -0.39 is 59.4 Å². The molecule has 0 unspecified atom stereocenters. The Morgan fingerprint density at radius 2 is 1.97 bits per heavy atom. The zero-order valence-corrected chi connectivity index (χ0v) is 14.9. The number of hydrogen-bond donors (Lipinski definition) is 8. The first kappa shape index (κ1) is 19.3. The van der Waals surface area contributed by atoms with Crippen molar-refractivity contribution in [1.29, 1.82) is 0 Å². The topological polar surface area (TPSA) is 180 Å². The minimum absolute atomic E-state index is 0.0124. The summed E-state index contributed by atoms with van der Waals surface area (Å²) in [5.41, 5.74) is 9.56. The van der Waals surface area contributed by atoms with Gasteiger partial charge in [0.05, 0.1) is 12.2 Å². The number of carbonyl (C=O) groups excluding carboxylic acids is 1. The molecule has 1 saturated heterocycles. The van der Waals surface area contributed by atoms with E-state index in [0.29, 0.717) is 6.07 Å². The molecule has 3 aliphatic rings. The summed E-state index contributed by atoms with van der Waals surface area (Å²) in [6.45, 7) is -0.710. The Labute approximate surface area is 162 Å². The third kappa shape index (κ3) is 2.62. The van der Waals surface area contributed by atoms with Crippen LogP contribution in [-0.2, 0) is 4.74 Å². The van der Waals surface area contributed by atoms with Gasteiger partial charge >= 0.3 is 23.6 Å². The standard InChI is InChI=1S/C16H18F2N6O5/c17-7-1-6(2-8(18)3-7)12(26)29-10-4-24-14(20)21-9(5-25)11-15(24,16(10,27)28)23-13(19)22-11/h1-3,9-11,25,27-28H,4-5H2,(H5,19,20,21,22,23)/p+2/t9-,10-,11-,15-/m0/s1. The van der Waals surface area contributed by atoms with Crippen LogP contribution in [0.4, 0.5) is 8.78 Å². The van der Waals surface area contributed by atoms with E-state index in [1.807, 2.05) is 0 Å². The maximum atomic E-state index is 13.4. The highest BCUT2D eigenvalue weighted by Crippen LogP contribution is 2.39. The van der Waals surface area contributed by atoms with Crippen LogP contribution in [0, 0.1) is 11.6 Å². The van der Waals surface area contributed by atoms with E-state index in [4.69, 9.17) is 16.2 Å². The summed E-state index contributed by atoms with van der Waals surface area (Å²) in [6, 6.07) is 0.462. The molecule has 4 atom stereocenters. The van der Waals surface area contributed by atoms with Gasteiger partial charge in [-0.2, -0.15) is 0 Å². The van der Waals surface area contributed by atoms with Gasteiger partial charge in [0.2, 0.25) is 0 Å². The van der Waals surface area contributed by atoms with Crippen molar-refractivity contribution in [2.24, 2.45) is 11.5 Å². The van der Waals surface area contributed by atoms with Crippen LogP contribution in [0.5, 0.6) is 0 Å². The highest BCUT2D eigenvalue weighted by molar-refractivity contribution is 5.89. The fourth-order valence-electron chi connectivity index (χ4n) is 4.20. The van der Waals surface area contributed by atoms with Crippen molar-refractivity contribution in [3.8, 4) is 0 Å². The number of hydrogen-bond acceptors (Lipinski definition) is 9. The van der Waals surface area contributed by atoms with Crippen molar-refractivity contribution in [3.05, 3.63) is 35.4 Å². The van der Waals surface area contributed by atoms with Gasteiger partial charge < -0.3 is 20.1 Å². The van der Waals surface area contributed by atoms with Crippen molar-refractivity contribution >= 4 is 17.9 Å². The number of rotatable bonds is 3. The van der Waals surface area contributed by atoms with Gasteiger partial charge in [-0.15, -0.1) is 0 Å². The van der Waals surface area contributed by atoms with Crippen molar-refractivity contribution < 1.29 is 43.2 Å². The third-order valence-corrected chi connectivity index (χ3v) is 5.44. The van der Waals surface area contributed by atoms with E-state index in [9.17, 15) is 28.9 Å². The summed E-state index contributed by atoms with van der Waals surface area (Å²) in [7, 11) is 0. The molecular formula is C16H20F2N6O5+2. The Morgan fingerprint density at radius 3 is 2.59 bits per heavy atom. The lowest BCUT2D eigenvalue weighted by Crippen LogP contribution is -2.91. The Kier molecular flexibility index (Phi) is 4.15. The van der Waals surface area contributed by atoms with Crippen LogP contribution in [0.1, 0.15) is 10.4 Å². The molecular weight excluding hydrogens is 394 g/mol. The summed E-state index contributed by atoms with van der Waals surface area (Å²) >= 11 is 0. The molecule has 0 bridgehead atoms. The number of aliphatic hydroxyl groups excluding tert-OH is 1. The van der Waals surface area contributed by atoms with Crippen molar-refractivity contribution in [2.45, 2.75) is 29.6 Å². The average molecular weight is 414 g/mol. The Morgan fingerprint density at radius 1 is 1.31 bits per heavy atom. The molecule has 0 radical (unpaired) electrons. The van der Waals surface area contributed by atoms with Gasteiger partial charge in [0.25, 0.3) is 5.79 Å². The Balaban J connectivity index is 1.70. The molecule has 156 valence electrons. The first-order valence-corrected chi connectivity index (χ1v) is 8.66. The molecule has 11 nitrogen and oxygen atoms in total. The monoisotopic (exact) mass is 414 g/mol. The molecule has 3 heterocycles. The molecule has 1 aromatic carbocycles. The number of carbonyl (C=O) groups is 1. The maximum Gasteiger partial charge on any atom is 0.347 e. The number of benzene rings is 1. The second kappa shape index (κ2) is 6.23. The first-order chi connectivity index (χ1) is 13.6. The quantitative estimate of drug-likeness (QED) is 0.136. The minimum Gasteiger partial charge on any atom is -0.449 e. The van der Waals surface area contributed by atoms with Crippen LogP contribution in [0.15, 0.2) is 18.2 Å². The highest BCUT2D eigenvalue weighted by atomic mass is 19.1. The molecule has 1 aromatic rings. The predicted octanol–water partition coefficient (Wildman–Crippen LogP) is -5.46. The van der Waals surface area contributed by atoms with Gasteiger partial charge in [-0.05, 0) is 12.1 Å². The van der Waals surface area contributed by atoms with Gasteiger partial charge in [0.1, 0.15) is 24.2 Å². The second-order valence-corrected chi connectivity index (χ2v) is 7.13. The predicted molar refractivity (Wildman–Crippen MR) is 90.9 cm³/mol. The molecule has 29 heavy (non-hydrogen) atoms. The van der Waals surface area contributed by atoms with Crippen LogP contribution < -0.4 is 27.1 Å². The number of esters is 1. The van der Waals surface area contributed by atoms with Crippen LogP contribution >= 0.6 is 0 Å². The Hall–Kier alpha value is -3.03. The lowest BCUT2D eigenvalue weighted by Gasteiger charge is -2.40. The highest BCUT2D eigenvalue weighted by Gasteiger charge is 2.78. The smallest absolute Gasteiger partial charge is 0.347 e. The van der Waals surface area contributed by atoms with E-state index in [0.717, 1.165) is 12.1 Å². The summed E-state index contributed by atoms with van der Waals surface area (Å²) < 4.78 is 33.3. The molecule has 0 amide bonds. The molecule has 1 fully saturated rings. The normalized spacial score (nSPS) is 32.0. The van der Waals surface area contributed by atoms with E-state index in [2.05, 4.69) is 15.6 Å². The van der Waals surface area contributed by atoms with E-state index in [-0.39, 0.29) is 18.5 Å². The summed E-state index contributed by atoms with van der Waals surface area (Å²) in [4.78, 5) is 15.2. The molecule has 13 heteroatoms. The second-order valence-electron chi connectivity index (χ2n) is 7.13. The van der Waals surface area contributed by atoms with Crippen LogP contribution in [0.3, 0.4) is 0 Å². The summed E-state index contributed by atoms with van der Waals surface area (Å²) in [5.74, 6) is -5.94. The number of ether oxygens (including phenoxy) is 1. The van der Waals surface area contributed by atoms with Gasteiger partial charge in [0, 0.05) is 6.07 Å². The third-order valence-electron chi connectivity index (χ3n) is 5.44. The first-order valence-electron chi connectivity index (χ1n) is 8.66. The zero-order chi connectivity index (χ0) is 21.1. The van der Waals surface area contributed by atoms with E-state index in [1.54, 1.807) is 0 Å². The SMILES string of the molecule is NC1=[NH+][C@H]2[C@H](CO)NC(N)=[N+]3C[C@H](OC(=O)c4cc(F)cc(F)c4)C(O)(O)[C@]23N1. The molecule has 3 aliphatic heterocycles.